The van der Waals surface area contributed by atoms with Crippen molar-refractivity contribution in [1.29, 1.82) is 0 Å². The Labute approximate surface area is 129 Å². The molecule has 0 fully saturated rings. The first-order valence-corrected chi connectivity index (χ1v) is 7.16. The van der Waals surface area contributed by atoms with E-state index in [1.54, 1.807) is 0 Å². The van der Waals surface area contributed by atoms with Gasteiger partial charge in [0.25, 0.3) is 0 Å². The molecule has 0 unspecified atom stereocenters. The zero-order chi connectivity index (χ0) is 15.2. The number of aromatic nitrogens is 3. The van der Waals surface area contributed by atoms with Gasteiger partial charge in [-0.15, -0.1) is 0 Å². The van der Waals surface area contributed by atoms with E-state index in [0.29, 0.717) is 19.1 Å². The van der Waals surface area contributed by atoms with Gasteiger partial charge in [0.2, 0.25) is 5.95 Å². The molecule has 1 heterocycles. The molecular formula is C17H18N4O. The Hall–Kier alpha value is -2.82. The van der Waals surface area contributed by atoms with Gasteiger partial charge in [0.1, 0.15) is 18.7 Å². The lowest BCUT2D eigenvalue weighted by Gasteiger charge is -2.09. The SMILES string of the molecule is Cc1ccc(COc2cccc(CNc3ncn[nH]3)c2)cc1. The van der Waals surface area contributed by atoms with Crippen molar-refractivity contribution in [2.45, 2.75) is 20.1 Å². The second-order valence-corrected chi connectivity index (χ2v) is 5.11. The van der Waals surface area contributed by atoms with E-state index >= 15 is 0 Å². The number of H-pyrrole nitrogens is 1. The van der Waals surface area contributed by atoms with E-state index in [1.807, 2.05) is 24.3 Å². The standard InChI is InChI=1S/C17H18N4O/c1-13-5-7-14(8-6-13)11-22-16-4-2-3-15(9-16)10-18-17-19-12-20-21-17/h2-9,12H,10-11H2,1H3,(H2,18,19,20,21). The fourth-order valence-electron chi connectivity index (χ4n) is 2.07. The molecule has 5 nitrogen and oxygen atoms in total. The normalized spacial score (nSPS) is 10.4. The number of benzene rings is 2. The van der Waals surface area contributed by atoms with Gasteiger partial charge >= 0.3 is 0 Å². The summed E-state index contributed by atoms with van der Waals surface area (Å²) < 4.78 is 5.85. The fraction of sp³-hybridized carbons (Fsp3) is 0.176. The van der Waals surface area contributed by atoms with Crippen LogP contribution in [-0.2, 0) is 13.2 Å². The van der Waals surface area contributed by atoms with E-state index in [4.69, 9.17) is 4.74 Å². The Kier molecular flexibility index (Phi) is 4.34. The lowest BCUT2D eigenvalue weighted by Crippen LogP contribution is -2.02. The van der Waals surface area contributed by atoms with E-state index in [-0.39, 0.29) is 0 Å². The van der Waals surface area contributed by atoms with Crippen molar-refractivity contribution < 1.29 is 4.74 Å². The number of aryl methyl sites for hydroxylation is 1. The average molecular weight is 294 g/mol. The van der Waals surface area contributed by atoms with E-state index in [9.17, 15) is 0 Å². The maximum atomic E-state index is 5.85. The van der Waals surface area contributed by atoms with Crippen LogP contribution in [0.1, 0.15) is 16.7 Å². The van der Waals surface area contributed by atoms with Crippen LogP contribution < -0.4 is 10.1 Å². The van der Waals surface area contributed by atoms with Crippen molar-refractivity contribution in [2.24, 2.45) is 0 Å². The monoisotopic (exact) mass is 294 g/mol. The van der Waals surface area contributed by atoms with Crippen LogP contribution in [-0.4, -0.2) is 15.2 Å². The van der Waals surface area contributed by atoms with Crippen molar-refractivity contribution in [2.75, 3.05) is 5.32 Å². The van der Waals surface area contributed by atoms with Crippen LogP contribution in [0.2, 0.25) is 0 Å². The first-order valence-electron chi connectivity index (χ1n) is 7.16. The van der Waals surface area contributed by atoms with Crippen LogP contribution in [0, 0.1) is 6.92 Å². The van der Waals surface area contributed by atoms with Crippen LogP contribution in [0.15, 0.2) is 54.9 Å². The van der Waals surface area contributed by atoms with Gasteiger partial charge in [0.05, 0.1) is 0 Å². The predicted octanol–water partition coefficient (Wildman–Crippen LogP) is 3.30. The number of ether oxygens (including phenoxy) is 1. The summed E-state index contributed by atoms with van der Waals surface area (Å²) in [6.07, 6.45) is 1.48. The van der Waals surface area contributed by atoms with E-state index in [2.05, 4.69) is 51.7 Å². The fourth-order valence-corrected chi connectivity index (χ4v) is 2.07. The Morgan fingerprint density at radius 2 is 1.95 bits per heavy atom. The summed E-state index contributed by atoms with van der Waals surface area (Å²) >= 11 is 0. The Morgan fingerprint density at radius 3 is 2.73 bits per heavy atom. The molecule has 0 saturated carbocycles. The number of nitrogens with zero attached hydrogens (tertiary/aromatic N) is 2. The van der Waals surface area contributed by atoms with Gasteiger partial charge in [-0.1, -0.05) is 42.0 Å². The molecule has 3 rings (SSSR count). The second kappa shape index (κ2) is 6.76. The number of rotatable bonds is 6. The first kappa shape index (κ1) is 14.1. The van der Waals surface area contributed by atoms with Gasteiger partial charge in [-0.2, -0.15) is 5.10 Å². The molecule has 2 N–H and O–H groups in total. The van der Waals surface area contributed by atoms with Gasteiger partial charge in [-0.25, -0.2) is 10.1 Å². The van der Waals surface area contributed by atoms with Crippen LogP contribution in [0.4, 0.5) is 5.95 Å². The lowest BCUT2D eigenvalue weighted by molar-refractivity contribution is 0.306. The molecule has 0 spiro atoms. The molecule has 0 radical (unpaired) electrons. The zero-order valence-corrected chi connectivity index (χ0v) is 12.4. The largest absolute Gasteiger partial charge is 0.489 e. The summed E-state index contributed by atoms with van der Waals surface area (Å²) in [6, 6.07) is 16.4. The van der Waals surface area contributed by atoms with Gasteiger partial charge in [0, 0.05) is 6.54 Å². The van der Waals surface area contributed by atoms with Gasteiger partial charge in [-0.3, -0.25) is 0 Å². The first-order chi connectivity index (χ1) is 10.8. The summed E-state index contributed by atoms with van der Waals surface area (Å²) in [4.78, 5) is 4.03. The number of aromatic amines is 1. The maximum absolute atomic E-state index is 5.85. The molecule has 22 heavy (non-hydrogen) atoms. The summed E-state index contributed by atoms with van der Waals surface area (Å²) in [5.41, 5.74) is 3.54. The third-order valence-corrected chi connectivity index (χ3v) is 3.30. The van der Waals surface area contributed by atoms with Crippen molar-refractivity contribution >= 4 is 5.95 Å². The summed E-state index contributed by atoms with van der Waals surface area (Å²) in [5.74, 6) is 1.52. The molecule has 0 amide bonds. The molecule has 0 bridgehead atoms. The molecule has 2 aromatic carbocycles. The third-order valence-electron chi connectivity index (χ3n) is 3.30. The molecule has 0 aliphatic rings. The quantitative estimate of drug-likeness (QED) is 0.732. The van der Waals surface area contributed by atoms with E-state index in [0.717, 1.165) is 16.9 Å². The van der Waals surface area contributed by atoms with Crippen molar-refractivity contribution in [3.05, 3.63) is 71.5 Å². The van der Waals surface area contributed by atoms with Crippen LogP contribution >= 0.6 is 0 Å². The summed E-state index contributed by atoms with van der Waals surface area (Å²) in [5, 5.41) is 9.73. The number of hydrogen-bond donors (Lipinski definition) is 2. The van der Waals surface area contributed by atoms with Gasteiger partial charge < -0.3 is 10.1 Å². The third kappa shape index (κ3) is 3.85. The van der Waals surface area contributed by atoms with Crippen molar-refractivity contribution in [3.63, 3.8) is 0 Å². The van der Waals surface area contributed by atoms with E-state index in [1.165, 1.54) is 11.9 Å². The topological polar surface area (TPSA) is 62.8 Å². The maximum Gasteiger partial charge on any atom is 0.218 e. The van der Waals surface area contributed by atoms with Crippen molar-refractivity contribution in [1.82, 2.24) is 15.2 Å². The van der Waals surface area contributed by atoms with Crippen LogP contribution in [0.5, 0.6) is 5.75 Å². The molecule has 5 heteroatoms. The highest BCUT2D eigenvalue weighted by molar-refractivity contribution is 5.32. The minimum atomic E-state index is 0.569. The highest BCUT2D eigenvalue weighted by Crippen LogP contribution is 2.16. The molecule has 112 valence electrons. The highest BCUT2D eigenvalue weighted by Gasteiger charge is 2.00. The van der Waals surface area contributed by atoms with Crippen LogP contribution in [0.25, 0.3) is 0 Å². The second-order valence-electron chi connectivity index (χ2n) is 5.11. The summed E-state index contributed by atoms with van der Waals surface area (Å²) in [7, 11) is 0. The molecule has 1 aromatic heterocycles. The Morgan fingerprint density at radius 1 is 1.09 bits per heavy atom. The smallest absolute Gasteiger partial charge is 0.218 e. The number of nitrogens with one attached hydrogen (secondary N) is 2. The predicted molar refractivity (Wildman–Crippen MR) is 85.7 cm³/mol. The minimum Gasteiger partial charge on any atom is -0.489 e. The minimum absolute atomic E-state index is 0.569. The van der Waals surface area contributed by atoms with Gasteiger partial charge in [-0.05, 0) is 30.2 Å². The molecule has 3 aromatic rings. The number of anilines is 1. The molecule has 0 atom stereocenters. The van der Waals surface area contributed by atoms with Crippen LogP contribution in [0.3, 0.4) is 0 Å². The Balaban J connectivity index is 1.57. The van der Waals surface area contributed by atoms with E-state index < -0.39 is 0 Å². The molecule has 0 aliphatic carbocycles. The highest BCUT2D eigenvalue weighted by atomic mass is 16.5. The Bertz CT molecular complexity index is 708. The number of hydrogen-bond acceptors (Lipinski definition) is 4. The molecular weight excluding hydrogens is 276 g/mol. The zero-order valence-electron chi connectivity index (χ0n) is 12.4. The average Bonchev–Trinajstić information content (AvgIpc) is 3.06. The lowest BCUT2D eigenvalue weighted by atomic mass is 10.2. The van der Waals surface area contributed by atoms with Gasteiger partial charge in [0.15, 0.2) is 0 Å². The molecule has 0 aliphatic heterocycles. The summed E-state index contributed by atoms with van der Waals surface area (Å²) in [6.45, 7) is 3.31. The van der Waals surface area contributed by atoms with Crippen molar-refractivity contribution in [3.8, 4) is 5.75 Å². The molecule has 0 saturated heterocycles.